The van der Waals surface area contributed by atoms with Crippen LogP contribution in [0.15, 0.2) is 77.9 Å². The number of hydrogen-bond donors (Lipinski definition) is 1. The van der Waals surface area contributed by atoms with E-state index in [2.05, 4.69) is 29.6 Å². The molecule has 2 heterocycles. The minimum Gasteiger partial charge on any atom is -0.349 e. The number of amides is 2. The number of carbonyl (C=O) groups is 2. The second-order valence-corrected chi connectivity index (χ2v) is 9.75. The van der Waals surface area contributed by atoms with Crippen molar-refractivity contribution in [2.24, 2.45) is 5.92 Å². The second-order valence-electron chi connectivity index (χ2n) is 9.75. The highest BCUT2D eigenvalue weighted by molar-refractivity contribution is 5.99. The van der Waals surface area contributed by atoms with Gasteiger partial charge < -0.3 is 14.8 Å². The molecule has 35 heavy (non-hydrogen) atoms. The van der Waals surface area contributed by atoms with Crippen LogP contribution in [0.2, 0.25) is 0 Å². The molecule has 0 spiro atoms. The third kappa shape index (κ3) is 5.70. The molecule has 1 aliphatic carbocycles. The van der Waals surface area contributed by atoms with Gasteiger partial charge in [-0.25, -0.2) is 0 Å². The van der Waals surface area contributed by atoms with E-state index in [4.69, 9.17) is 0 Å². The smallest absolute Gasteiger partial charge is 0.259 e. The highest BCUT2D eigenvalue weighted by atomic mass is 16.2. The van der Waals surface area contributed by atoms with Crippen molar-refractivity contribution >= 4 is 11.8 Å². The molecule has 3 aromatic rings. The molecule has 2 amide bonds. The molecule has 5 rings (SSSR count). The summed E-state index contributed by atoms with van der Waals surface area (Å²) < 4.78 is 1.79. The zero-order chi connectivity index (χ0) is 24.2. The topological polar surface area (TPSA) is 71.4 Å². The van der Waals surface area contributed by atoms with E-state index in [1.165, 1.54) is 5.56 Å². The Labute approximate surface area is 205 Å². The Morgan fingerprint density at radius 2 is 1.40 bits per heavy atom. The van der Waals surface area contributed by atoms with Crippen LogP contribution in [0.5, 0.6) is 0 Å². The average molecular weight is 470 g/mol. The summed E-state index contributed by atoms with van der Waals surface area (Å²) in [6.07, 6.45) is 7.86. The average Bonchev–Trinajstić information content (AvgIpc) is 3.70. The molecule has 1 aliphatic heterocycles. The van der Waals surface area contributed by atoms with E-state index in [1.807, 2.05) is 36.4 Å². The van der Waals surface area contributed by atoms with Gasteiger partial charge in [-0.1, -0.05) is 60.7 Å². The molecule has 0 atom stereocenters. The molecular formula is C29H31N3O3. The number of rotatable bonds is 7. The van der Waals surface area contributed by atoms with E-state index in [-0.39, 0.29) is 23.1 Å². The first kappa shape index (κ1) is 23.1. The Balaban J connectivity index is 1.35. The number of likely N-dealkylation sites (tertiary alicyclic amines) is 1. The van der Waals surface area contributed by atoms with Gasteiger partial charge in [-0.3, -0.25) is 14.4 Å². The Morgan fingerprint density at radius 1 is 0.800 bits per heavy atom. The highest BCUT2D eigenvalue weighted by Crippen LogP contribution is 2.23. The van der Waals surface area contributed by atoms with Gasteiger partial charge in [-0.2, -0.15) is 0 Å². The molecule has 2 fully saturated rings. The van der Waals surface area contributed by atoms with Crippen LogP contribution < -0.4 is 10.7 Å². The monoisotopic (exact) mass is 469 g/mol. The standard InChI is InChI=1S/C29H31N3O3/c33-27-25(28(34)30-24-11-12-24)19-31(18-23-9-5-2-6-10-23)20-26(27)29(35)32-15-13-22(14-16-32)17-21-7-3-1-4-8-21/h1-10,19-20,22,24H,11-18H2,(H,30,34). The lowest BCUT2D eigenvalue weighted by Crippen LogP contribution is -2.42. The number of aromatic nitrogens is 1. The van der Waals surface area contributed by atoms with Crippen molar-refractivity contribution in [3.05, 3.63) is 106 Å². The van der Waals surface area contributed by atoms with E-state index < -0.39 is 11.3 Å². The van der Waals surface area contributed by atoms with Gasteiger partial charge in [0.2, 0.25) is 5.43 Å². The number of hydrogen-bond acceptors (Lipinski definition) is 3. The molecular weight excluding hydrogens is 438 g/mol. The maximum atomic E-state index is 13.5. The van der Waals surface area contributed by atoms with Gasteiger partial charge in [-0.05, 0) is 49.1 Å². The van der Waals surface area contributed by atoms with Crippen LogP contribution in [0.4, 0.5) is 0 Å². The van der Waals surface area contributed by atoms with Gasteiger partial charge in [0.15, 0.2) is 0 Å². The Hall–Kier alpha value is -3.67. The number of nitrogens with one attached hydrogen (secondary N) is 1. The van der Waals surface area contributed by atoms with Crippen LogP contribution in [-0.4, -0.2) is 40.4 Å². The third-order valence-electron chi connectivity index (χ3n) is 6.94. The van der Waals surface area contributed by atoms with Crippen LogP contribution in [0, 0.1) is 5.92 Å². The van der Waals surface area contributed by atoms with Gasteiger partial charge in [0.05, 0.1) is 0 Å². The summed E-state index contributed by atoms with van der Waals surface area (Å²) in [5.74, 6) is -0.154. The number of pyridine rings is 1. The van der Waals surface area contributed by atoms with E-state index in [9.17, 15) is 14.4 Å². The maximum absolute atomic E-state index is 13.5. The SMILES string of the molecule is O=C(NC1CC1)c1cn(Cc2ccccc2)cc(C(=O)N2CCC(Cc3ccccc3)CC2)c1=O. The zero-order valence-corrected chi connectivity index (χ0v) is 19.9. The molecule has 0 bridgehead atoms. The molecule has 0 unspecified atom stereocenters. The molecule has 6 heteroatoms. The Kier molecular flexibility index (Phi) is 6.80. The summed E-state index contributed by atoms with van der Waals surface area (Å²) in [6, 6.07) is 20.4. The lowest BCUT2D eigenvalue weighted by Gasteiger charge is -2.32. The van der Waals surface area contributed by atoms with Crippen molar-refractivity contribution < 1.29 is 9.59 Å². The predicted molar refractivity (Wildman–Crippen MR) is 136 cm³/mol. The molecule has 0 radical (unpaired) electrons. The fourth-order valence-electron chi connectivity index (χ4n) is 4.78. The van der Waals surface area contributed by atoms with Crippen LogP contribution in [0.3, 0.4) is 0 Å². The van der Waals surface area contributed by atoms with Gasteiger partial charge in [0.25, 0.3) is 11.8 Å². The molecule has 2 aromatic carbocycles. The van der Waals surface area contributed by atoms with Crippen LogP contribution in [0.1, 0.15) is 57.5 Å². The van der Waals surface area contributed by atoms with Gasteiger partial charge in [0, 0.05) is 38.1 Å². The van der Waals surface area contributed by atoms with Gasteiger partial charge in [0.1, 0.15) is 11.1 Å². The molecule has 1 aromatic heterocycles. The number of nitrogens with zero attached hydrogens (tertiary/aromatic N) is 2. The number of carbonyl (C=O) groups excluding carboxylic acids is 2. The lowest BCUT2D eigenvalue weighted by atomic mass is 9.90. The van der Waals surface area contributed by atoms with E-state index in [1.54, 1.807) is 21.9 Å². The van der Waals surface area contributed by atoms with E-state index >= 15 is 0 Å². The molecule has 1 N–H and O–H groups in total. The van der Waals surface area contributed by atoms with Crippen LogP contribution >= 0.6 is 0 Å². The number of piperidine rings is 1. The van der Waals surface area contributed by atoms with Crippen molar-refractivity contribution in [2.45, 2.75) is 44.7 Å². The molecule has 1 saturated carbocycles. The molecule has 2 aliphatic rings. The first-order chi connectivity index (χ1) is 17.1. The van der Waals surface area contributed by atoms with Crippen molar-refractivity contribution in [1.29, 1.82) is 0 Å². The van der Waals surface area contributed by atoms with Crippen LogP contribution in [-0.2, 0) is 13.0 Å². The highest BCUT2D eigenvalue weighted by Gasteiger charge is 2.29. The zero-order valence-electron chi connectivity index (χ0n) is 19.9. The summed E-state index contributed by atoms with van der Waals surface area (Å²) in [7, 11) is 0. The van der Waals surface area contributed by atoms with Crippen molar-refractivity contribution in [1.82, 2.24) is 14.8 Å². The lowest BCUT2D eigenvalue weighted by molar-refractivity contribution is 0.0688. The fraction of sp³-hybridized carbons (Fsp3) is 0.345. The molecule has 6 nitrogen and oxygen atoms in total. The largest absolute Gasteiger partial charge is 0.349 e. The summed E-state index contributed by atoms with van der Waals surface area (Å²) in [4.78, 5) is 41.4. The molecule has 1 saturated heterocycles. The van der Waals surface area contributed by atoms with Crippen LogP contribution in [0.25, 0.3) is 0 Å². The normalized spacial score (nSPS) is 16.2. The van der Waals surface area contributed by atoms with Gasteiger partial charge in [-0.15, -0.1) is 0 Å². The molecule has 180 valence electrons. The summed E-state index contributed by atoms with van der Waals surface area (Å²) in [5, 5.41) is 2.90. The minimum atomic E-state index is -0.483. The Bertz CT molecular complexity index is 1240. The second kappa shape index (κ2) is 10.3. The Morgan fingerprint density at radius 3 is 2.03 bits per heavy atom. The first-order valence-corrected chi connectivity index (χ1v) is 12.5. The maximum Gasteiger partial charge on any atom is 0.259 e. The summed E-state index contributed by atoms with van der Waals surface area (Å²) in [5.41, 5.74) is 1.98. The first-order valence-electron chi connectivity index (χ1n) is 12.5. The predicted octanol–water partition coefficient (Wildman–Crippen LogP) is 3.88. The quantitative estimate of drug-likeness (QED) is 0.571. The van der Waals surface area contributed by atoms with E-state index in [0.717, 1.165) is 37.7 Å². The van der Waals surface area contributed by atoms with E-state index in [0.29, 0.717) is 25.6 Å². The van der Waals surface area contributed by atoms with Crippen molar-refractivity contribution in [3.63, 3.8) is 0 Å². The van der Waals surface area contributed by atoms with Crippen molar-refractivity contribution in [3.8, 4) is 0 Å². The van der Waals surface area contributed by atoms with Crippen molar-refractivity contribution in [2.75, 3.05) is 13.1 Å². The summed E-state index contributed by atoms with van der Waals surface area (Å²) in [6.45, 7) is 1.71. The number of benzene rings is 2. The fourth-order valence-corrected chi connectivity index (χ4v) is 4.78. The third-order valence-corrected chi connectivity index (χ3v) is 6.94. The summed E-state index contributed by atoms with van der Waals surface area (Å²) >= 11 is 0. The van der Waals surface area contributed by atoms with Gasteiger partial charge >= 0.3 is 0 Å². The minimum absolute atomic E-state index is 0.0395.